The summed E-state index contributed by atoms with van der Waals surface area (Å²) >= 11 is 7.39. The maximum atomic E-state index is 11.3. The van der Waals surface area contributed by atoms with E-state index in [1.165, 1.54) is 17.3 Å². The fourth-order valence-corrected chi connectivity index (χ4v) is 6.26. The summed E-state index contributed by atoms with van der Waals surface area (Å²) in [6.45, 7) is 2.92. The summed E-state index contributed by atoms with van der Waals surface area (Å²) in [7, 11) is 1.99. The van der Waals surface area contributed by atoms with Crippen LogP contribution in [0.1, 0.15) is 35.2 Å². The monoisotopic (exact) mass is 523 g/mol. The molecule has 0 amide bonds. The number of benzene rings is 2. The molecular weight excluding hydrogens is 498 g/mol. The normalized spacial score (nSPS) is 21.2. The number of nitrogens with zero attached hydrogens (tertiary/aromatic N) is 3. The molecule has 7 nitrogen and oxygen atoms in total. The summed E-state index contributed by atoms with van der Waals surface area (Å²) in [5, 5.41) is 10.4. The maximum Gasteiger partial charge on any atom is 0.317 e. The van der Waals surface area contributed by atoms with E-state index in [1.54, 1.807) is 0 Å². The summed E-state index contributed by atoms with van der Waals surface area (Å²) in [5.41, 5.74) is 4.42. The van der Waals surface area contributed by atoms with E-state index in [1.807, 2.05) is 43.4 Å². The summed E-state index contributed by atoms with van der Waals surface area (Å²) in [6, 6.07) is 13.8. The first-order valence-electron chi connectivity index (χ1n) is 12.0. The molecule has 3 aromatic rings. The molecule has 0 fully saturated rings. The number of aliphatic carboxylic acids is 1. The van der Waals surface area contributed by atoms with E-state index in [9.17, 15) is 9.90 Å². The van der Waals surface area contributed by atoms with Crippen molar-refractivity contribution >= 4 is 34.9 Å². The smallest absolute Gasteiger partial charge is 0.317 e. The fourth-order valence-electron chi connectivity index (χ4n) is 5.00. The van der Waals surface area contributed by atoms with Gasteiger partial charge >= 0.3 is 5.97 Å². The van der Waals surface area contributed by atoms with Gasteiger partial charge in [-0.1, -0.05) is 53.7 Å². The van der Waals surface area contributed by atoms with Crippen molar-refractivity contribution in [2.24, 2.45) is 7.05 Å². The molecule has 2 unspecified atom stereocenters. The number of hydrogen-bond acceptors (Lipinski definition) is 6. The molecule has 0 aliphatic carbocycles. The number of ether oxygens (including phenoxy) is 2. The SMILES string of the molecule is Cn1c(CN2CC=C(c3cccc4c3OCC(c3ccc(Cl)cc3)O4)CC2)nc2c1CC(C(=O)O)S2. The van der Waals surface area contributed by atoms with Crippen molar-refractivity contribution in [1.29, 1.82) is 0 Å². The van der Waals surface area contributed by atoms with Crippen molar-refractivity contribution in [2.75, 3.05) is 19.7 Å². The first-order valence-corrected chi connectivity index (χ1v) is 13.3. The van der Waals surface area contributed by atoms with Crippen LogP contribution < -0.4 is 9.47 Å². The number of rotatable bonds is 5. The zero-order chi connectivity index (χ0) is 24.8. The van der Waals surface area contributed by atoms with Crippen LogP contribution in [-0.2, 0) is 24.8 Å². The van der Waals surface area contributed by atoms with Gasteiger partial charge in [-0.15, -0.1) is 0 Å². The Hall–Kier alpha value is -2.94. The van der Waals surface area contributed by atoms with Gasteiger partial charge in [-0.05, 0) is 35.8 Å². The molecule has 0 bridgehead atoms. The van der Waals surface area contributed by atoms with Gasteiger partial charge in [-0.25, -0.2) is 4.98 Å². The predicted octanol–water partition coefficient (Wildman–Crippen LogP) is 4.98. The van der Waals surface area contributed by atoms with Gasteiger partial charge in [0.05, 0.1) is 12.2 Å². The zero-order valence-corrected chi connectivity index (χ0v) is 21.4. The van der Waals surface area contributed by atoms with E-state index in [2.05, 4.69) is 21.6 Å². The van der Waals surface area contributed by atoms with Crippen LogP contribution in [0.25, 0.3) is 5.57 Å². The highest BCUT2D eigenvalue weighted by Gasteiger charge is 2.33. The maximum absolute atomic E-state index is 11.3. The number of carboxylic acids is 1. The third-order valence-electron chi connectivity index (χ3n) is 7.05. The predicted molar refractivity (Wildman–Crippen MR) is 139 cm³/mol. The Labute approximate surface area is 218 Å². The molecule has 9 heteroatoms. The van der Waals surface area contributed by atoms with Crippen LogP contribution in [0, 0.1) is 0 Å². The van der Waals surface area contributed by atoms with Crippen molar-refractivity contribution < 1.29 is 19.4 Å². The largest absolute Gasteiger partial charge is 0.485 e. The van der Waals surface area contributed by atoms with Gasteiger partial charge in [0.2, 0.25) is 0 Å². The molecule has 0 saturated heterocycles. The number of imidazole rings is 1. The first kappa shape index (κ1) is 23.5. The minimum absolute atomic E-state index is 0.163. The van der Waals surface area contributed by atoms with Crippen LogP contribution >= 0.6 is 23.4 Å². The van der Waals surface area contributed by atoms with Gasteiger partial charge in [0.25, 0.3) is 0 Å². The van der Waals surface area contributed by atoms with Crippen molar-refractivity contribution in [1.82, 2.24) is 14.5 Å². The van der Waals surface area contributed by atoms with Crippen LogP contribution in [0.15, 0.2) is 53.6 Å². The topological polar surface area (TPSA) is 76.8 Å². The van der Waals surface area contributed by atoms with Crippen molar-refractivity contribution in [2.45, 2.75) is 35.8 Å². The van der Waals surface area contributed by atoms with Crippen molar-refractivity contribution in [3.63, 3.8) is 0 Å². The molecule has 186 valence electrons. The lowest BCUT2D eigenvalue weighted by atomic mass is 9.97. The van der Waals surface area contributed by atoms with Crippen LogP contribution in [0.2, 0.25) is 5.02 Å². The van der Waals surface area contributed by atoms with Gasteiger partial charge < -0.3 is 19.1 Å². The van der Waals surface area contributed by atoms with Crippen LogP contribution in [0.5, 0.6) is 11.5 Å². The number of aromatic nitrogens is 2. The second kappa shape index (κ2) is 9.50. The van der Waals surface area contributed by atoms with Crippen LogP contribution in [0.3, 0.4) is 0 Å². The number of carboxylic acid groups (broad SMARTS) is 1. The van der Waals surface area contributed by atoms with Gasteiger partial charge in [-0.2, -0.15) is 0 Å². The Morgan fingerprint density at radius 1 is 1.25 bits per heavy atom. The Morgan fingerprint density at radius 2 is 2.08 bits per heavy atom. The molecule has 0 radical (unpaired) electrons. The first-order chi connectivity index (χ1) is 17.5. The molecule has 36 heavy (non-hydrogen) atoms. The minimum atomic E-state index is -0.772. The van der Waals surface area contributed by atoms with Crippen molar-refractivity contribution in [3.05, 3.63) is 76.2 Å². The number of thioether (sulfide) groups is 1. The second-order valence-electron chi connectivity index (χ2n) is 9.30. The Bertz CT molecular complexity index is 1350. The molecule has 2 aromatic carbocycles. The molecule has 1 N–H and O–H groups in total. The molecule has 0 spiro atoms. The van der Waals surface area contributed by atoms with Gasteiger partial charge in [-0.3, -0.25) is 9.69 Å². The molecule has 6 rings (SSSR count). The highest BCUT2D eigenvalue weighted by Crippen LogP contribution is 2.43. The number of carbonyl (C=O) groups is 1. The summed E-state index contributed by atoms with van der Waals surface area (Å²) in [4.78, 5) is 18.4. The lowest BCUT2D eigenvalue weighted by Gasteiger charge is -2.30. The number of para-hydroxylation sites is 1. The highest BCUT2D eigenvalue weighted by molar-refractivity contribution is 8.00. The Balaban J connectivity index is 1.14. The number of hydrogen-bond donors (Lipinski definition) is 1. The molecular formula is C27H26ClN3O4S. The summed E-state index contributed by atoms with van der Waals surface area (Å²) in [5.74, 6) is 1.79. The molecule has 3 aliphatic rings. The summed E-state index contributed by atoms with van der Waals surface area (Å²) in [6.07, 6.45) is 3.53. The highest BCUT2D eigenvalue weighted by atomic mass is 35.5. The van der Waals surface area contributed by atoms with E-state index < -0.39 is 11.2 Å². The summed E-state index contributed by atoms with van der Waals surface area (Å²) < 4.78 is 14.6. The van der Waals surface area contributed by atoms with E-state index in [4.69, 9.17) is 26.1 Å². The lowest BCUT2D eigenvalue weighted by Crippen LogP contribution is -2.29. The van der Waals surface area contributed by atoms with E-state index in [0.717, 1.165) is 65.2 Å². The van der Waals surface area contributed by atoms with Crippen LogP contribution in [0.4, 0.5) is 0 Å². The molecule has 4 heterocycles. The van der Waals surface area contributed by atoms with E-state index in [0.29, 0.717) is 18.1 Å². The van der Waals surface area contributed by atoms with Gasteiger partial charge in [0.15, 0.2) is 17.6 Å². The minimum Gasteiger partial charge on any atom is -0.485 e. The molecule has 1 aromatic heterocycles. The third kappa shape index (κ3) is 4.38. The second-order valence-corrected chi connectivity index (χ2v) is 10.9. The third-order valence-corrected chi connectivity index (χ3v) is 8.51. The van der Waals surface area contributed by atoms with E-state index in [-0.39, 0.29) is 6.10 Å². The number of halogens is 1. The average molecular weight is 524 g/mol. The molecule has 3 aliphatic heterocycles. The van der Waals surface area contributed by atoms with Gasteiger partial charge in [0, 0.05) is 37.1 Å². The van der Waals surface area contributed by atoms with Crippen LogP contribution in [-0.4, -0.2) is 50.5 Å². The average Bonchev–Trinajstić information content (AvgIpc) is 3.44. The molecule has 0 saturated carbocycles. The number of fused-ring (bicyclic) bond motifs is 2. The molecule has 2 atom stereocenters. The standard InChI is InChI=1S/C27H26ClN3O4S/c1-30-20-13-23(27(32)33)36-26(20)29-24(30)14-31-11-9-16(10-12-31)19-3-2-4-21-25(19)34-15-22(35-21)17-5-7-18(28)8-6-17/h2-9,22-23H,10-15H2,1H3,(H,32,33). The van der Waals surface area contributed by atoms with Crippen molar-refractivity contribution in [3.8, 4) is 11.5 Å². The zero-order valence-electron chi connectivity index (χ0n) is 19.8. The van der Waals surface area contributed by atoms with Gasteiger partial charge in [0.1, 0.15) is 22.7 Å². The quantitative estimate of drug-likeness (QED) is 0.505. The Kier molecular flexibility index (Phi) is 6.19. The fraction of sp³-hybridized carbons (Fsp3) is 0.333. The van der Waals surface area contributed by atoms with E-state index >= 15 is 0 Å². The lowest BCUT2D eigenvalue weighted by molar-refractivity contribution is -0.136. The Morgan fingerprint density at radius 3 is 2.81 bits per heavy atom.